The molecule has 0 radical (unpaired) electrons. The standard InChI is InChI=1S/C12H13BrN2O2S/c1-9-11(13)12(16)15(18(17)14(9)2)8-10-6-4-3-5-7-10/h3-7H,8H2,1-2H3. The zero-order chi connectivity index (χ0) is 13.3. The first kappa shape index (κ1) is 13.3. The number of carbonyl (C=O) groups excluding carboxylic acids is 1. The van der Waals surface area contributed by atoms with Gasteiger partial charge in [-0.25, -0.2) is 8.51 Å². The van der Waals surface area contributed by atoms with Crippen LogP contribution in [0.5, 0.6) is 0 Å². The maximum Gasteiger partial charge on any atom is 0.276 e. The van der Waals surface area contributed by atoms with Crippen LogP contribution in [0.15, 0.2) is 40.5 Å². The van der Waals surface area contributed by atoms with Gasteiger partial charge in [-0.2, -0.15) is 0 Å². The second-order valence-corrected chi connectivity index (χ2v) is 6.20. The summed E-state index contributed by atoms with van der Waals surface area (Å²) in [4.78, 5) is 12.1. The topological polar surface area (TPSA) is 40.6 Å². The summed E-state index contributed by atoms with van der Waals surface area (Å²) in [6.07, 6.45) is 0. The number of allylic oxidation sites excluding steroid dienone is 1. The van der Waals surface area contributed by atoms with Gasteiger partial charge in [0.25, 0.3) is 5.91 Å². The van der Waals surface area contributed by atoms with E-state index in [1.165, 1.54) is 4.31 Å². The van der Waals surface area contributed by atoms with Gasteiger partial charge in [-0.05, 0) is 28.4 Å². The van der Waals surface area contributed by atoms with E-state index >= 15 is 0 Å². The first-order valence-corrected chi connectivity index (χ1v) is 7.26. The molecule has 0 saturated heterocycles. The predicted molar refractivity (Wildman–Crippen MR) is 74.5 cm³/mol. The third kappa shape index (κ3) is 2.35. The summed E-state index contributed by atoms with van der Waals surface area (Å²) >= 11 is 1.78. The number of amides is 1. The smallest absolute Gasteiger partial charge is 0.276 e. The Bertz CT molecular complexity index is 530. The molecule has 6 heteroatoms. The summed E-state index contributed by atoms with van der Waals surface area (Å²) in [6, 6.07) is 9.51. The molecule has 4 nitrogen and oxygen atoms in total. The average molecular weight is 329 g/mol. The van der Waals surface area contributed by atoms with Crippen molar-refractivity contribution in [2.45, 2.75) is 13.5 Å². The van der Waals surface area contributed by atoms with Crippen LogP contribution in [-0.2, 0) is 22.5 Å². The van der Waals surface area contributed by atoms with E-state index in [1.54, 1.807) is 18.3 Å². The third-order valence-electron chi connectivity index (χ3n) is 2.80. The molecule has 1 aromatic carbocycles. The molecule has 0 saturated carbocycles. The van der Waals surface area contributed by atoms with Crippen LogP contribution in [-0.4, -0.2) is 25.8 Å². The van der Waals surface area contributed by atoms with Gasteiger partial charge in [-0.15, -0.1) is 0 Å². The SMILES string of the molecule is CC1=C(Br)C(=O)N(Cc2ccccc2)S(=O)N1C. The van der Waals surface area contributed by atoms with Crippen molar-refractivity contribution in [2.24, 2.45) is 0 Å². The lowest BCUT2D eigenvalue weighted by molar-refractivity contribution is -0.122. The fraction of sp³-hybridized carbons (Fsp3) is 0.250. The van der Waals surface area contributed by atoms with E-state index in [4.69, 9.17) is 0 Å². The Kier molecular flexibility index (Phi) is 3.87. The van der Waals surface area contributed by atoms with Crippen molar-refractivity contribution < 1.29 is 9.00 Å². The molecule has 0 aliphatic carbocycles. The fourth-order valence-corrected chi connectivity index (χ4v) is 3.44. The minimum absolute atomic E-state index is 0.243. The number of benzene rings is 1. The van der Waals surface area contributed by atoms with Crippen molar-refractivity contribution in [3.63, 3.8) is 0 Å². The van der Waals surface area contributed by atoms with E-state index in [9.17, 15) is 9.00 Å². The van der Waals surface area contributed by atoms with Crippen LogP contribution >= 0.6 is 15.9 Å². The van der Waals surface area contributed by atoms with Gasteiger partial charge in [0.05, 0.1) is 6.54 Å². The monoisotopic (exact) mass is 328 g/mol. The van der Waals surface area contributed by atoms with Gasteiger partial charge in [-0.3, -0.25) is 9.10 Å². The number of nitrogens with zero attached hydrogens (tertiary/aromatic N) is 2. The van der Waals surface area contributed by atoms with Crippen LogP contribution < -0.4 is 0 Å². The summed E-state index contributed by atoms with van der Waals surface area (Å²) < 4.78 is 15.6. The van der Waals surface area contributed by atoms with E-state index in [0.29, 0.717) is 16.7 Å². The van der Waals surface area contributed by atoms with E-state index in [0.717, 1.165) is 5.56 Å². The van der Waals surface area contributed by atoms with Gasteiger partial charge in [0, 0.05) is 12.7 Å². The molecule has 18 heavy (non-hydrogen) atoms. The molecule has 0 bridgehead atoms. The summed E-state index contributed by atoms with van der Waals surface area (Å²) in [6.45, 7) is 2.10. The van der Waals surface area contributed by atoms with E-state index in [1.807, 2.05) is 30.3 Å². The molecule has 1 unspecified atom stereocenters. The van der Waals surface area contributed by atoms with Crippen molar-refractivity contribution in [3.8, 4) is 0 Å². The highest BCUT2D eigenvalue weighted by atomic mass is 79.9. The van der Waals surface area contributed by atoms with Crippen LogP contribution in [0.25, 0.3) is 0 Å². The normalized spacial score (nSPS) is 20.6. The molecular weight excluding hydrogens is 316 g/mol. The highest BCUT2D eigenvalue weighted by Crippen LogP contribution is 2.27. The Morgan fingerprint density at radius 1 is 1.28 bits per heavy atom. The zero-order valence-electron chi connectivity index (χ0n) is 10.1. The lowest BCUT2D eigenvalue weighted by Crippen LogP contribution is -2.44. The Morgan fingerprint density at radius 3 is 2.50 bits per heavy atom. The van der Waals surface area contributed by atoms with Crippen molar-refractivity contribution >= 4 is 33.0 Å². The molecule has 1 amide bonds. The minimum atomic E-state index is -1.47. The summed E-state index contributed by atoms with van der Waals surface area (Å²) in [7, 11) is 1.71. The lowest BCUT2D eigenvalue weighted by atomic mass is 10.2. The van der Waals surface area contributed by atoms with Crippen molar-refractivity contribution in [2.75, 3.05) is 7.05 Å². The van der Waals surface area contributed by atoms with Gasteiger partial charge in [0.15, 0.2) is 0 Å². The van der Waals surface area contributed by atoms with Crippen LogP contribution in [0.2, 0.25) is 0 Å². The maximum absolute atomic E-state index is 12.2. The number of carbonyl (C=O) groups is 1. The second kappa shape index (κ2) is 5.24. The number of hydrogen-bond donors (Lipinski definition) is 0. The van der Waals surface area contributed by atoms with E-state index < -0.39 is 11.2 Å². The Labute approximate surface area is 117 Å². The molecule has 1 heterocycles. The van der Waals surface area contributed by atoms with Gasteiger partial charge < -0.3 is 0 Å². The number of rotatable bonds is 2. The molecule has 0 fully saturated rings. The summed E-state index contributed by atoms with van der Waals surface area (Å²) in [5, 5.41) is 0. The number of hydrogen-bond acceptors (Lipinski definition) is 2. The van der Waals surface area contributed by atoms with E-state index in [-0.39, 0.29) is 5.91 Å². The Balaban J connectivity index is 2.29. The predicted octanol–water partition coefficient (Wildman–Crippen LogP) is 2.17. The first-order valence-electron chi connectivity index (χ1n) is 5.40. The molecular formula is C12H13BrN2O2S. The molecule has 2 rings (SSSR count). The number of halogens is 1. The maximum atomic E-state index is 12.2. The quantitative estimate of drug-likeness (QED) is 0.834. The highest BCUT2D eigenvalue weighted by molar-refractivity contribution is 9.12. The minimum Gasteiger partial charge on any atom is -0.280 e. The molecule has 1 aliphatic rings. The molecule has 1 aliphatic heterocycles. The average Bonchev–Trinajstić information content (AvgIpc) is 2.40. The molecule has 1 atom stereocenters. The second-order valence-electron chi connectivity index (χ2n) is 3.95. The molecule has 96 valence electrons. The van der Waals surface area contributed by atoms with Crippen LogP contribution in [0.1, 0.15) is 12.5 Å². The van der Waals surface area contributed by atoms with Crippen LogP contribution in [0.3, 0.4) is 0 Å². The first-order chi connectivity index (χ1) is 8.52. The Hall–Kier alpha value is -1.14. The fourth-order valence-electron chi connectivity index (χ4n) is 1.61. The highest BCUT2D eigenvalue weighted by Gasteiger charge is 2.33. The molecule has 0 N–H and O–H groups in total. The molecule has 0 aromatic heterocycles. The molecule has 0 spiro atoms. The van der Waals surface area contributed by atoms with E-state index in [2.05, 4.69) is 15.9 Å². The van der Waals surface area contributed by atoms with Gasteiger partial charge in [0.1, 0.15) is 4.48 Å². The van der Waals surface area contributed by atoms with Gasteiger partial charge in [0.2, 0.25) is 11.2 Å². The van der Waals surface area contributed by atoms with Gasteiger partial charge in [-0.1, -0.05) is 30.3 Å². The van der Waals surface area contributed by atoms with Gasteiger partial charge >= 0.3 is 0 Å². The molecule has 1 aromatic rings. The zero-order valence-corrected chi connectivity index (χ0v) is 12.5. The Morgan fingerprint density at radius 2 is 1.89 bits per heavy atom. The third-order valence-corrected chi connectivity index (χ3v) is 5.12. The van der Waals surface area contributed by atoms with Crippen LogP contribution in [0.4, 0.5) is 0 Å². The summed E-state index contributed by atoms with van der Waals surface area (Å²) in [5.74, 6) is -0.243. The van der Waals surface area contributed by atoms with Crippen molar-refractivity contribution in [3.05, 3.63) is 46.1 Å². The lowest BCUT2D eigenvalue weighted by Gasteiger charge is -2.32. The van der Waals surface area contributed by atoms with Crippen molar-refractivity contribution in [1.82, 2.24) is 8.61 Å². The summed E-state index contributed by atoms with van der Waals surface area (Å²) in [5.41, 5.74) is 1.63. The van der Waals surface area contributed by atoms with Crippen LogP contribution in [0, 0.1) is 0 Å². The largest absolute Gasteiger partial charge is 0.280 e. The van der Waals surface area contributed by atoms with Crippen molar-refractivity contribution in [1.29, 1.82) is 0 Å².